The predicted octanol–water partition coefficient (Wildman–Crippen LogP) is 2.33. The van der Waals surface area contributed by atoms with E-state index in [1.807, 2.05) is 19.2 Å². The highest BCUT2D eigenvalue weighted by atomic mass is 16.6. The molecule has 1 aromatic heterocycles. The minimum absolute atomic E-state index is 0.164. The molecule has 1 fully saturated rings. The third-order valence-electron chi connectivity index (χ3n) is 4.09. The number of anilines is 1. The second-order valence-electron chi connectivity index (χ2n) is 5.33. The lowest BCUT2D eigenvalue weighted by molar-refractivity contribution is -0.382. The number of likely N-dealkylation sites (N-methyl/N-ethyl adjacent to an activating group) is 1. The second-order valence-corrected chi connectivity index (χ2v) is 5.33. The molecule has 6 nitrogen and oxygen atoms in total. The first-order valence-corrected chi connectivity index (χ1v) is 7.15. The van der Waals surface area contributed by atoms with Gasteiger partial charge in [-0.1, -0.05) is 0 Å². The van der Waals surface area contributed by atoms with Gasteiger partial charge in [0.2, 0.25) is 0 Å². The monoisotopic (exact) mass is 286 g/mol. The van der Waals surface area contributed by atoms with Gasteiger partial charge in [-0.25, -0.2) is 0 Å². The molecule has 0 saturated carbocycles. The van der Waals surface area contributed by atoms with Gasteiger partial charge < -0.3 is 10.2 Å². The maximum atomic E-state index is 11.6. The van der Waals surface area contributed by atoms with Crippen LogP contribution in [0.3, 0.4) is 0 Å². The molecule has 2 aromatic rings. The van der Waals surface area contributed by atoms with Crippen molar-refractivity contribution in [3.8, 4) is 0 Å². The van der Waals surface area contributed by atoms with E-state index in [0.29, 0.717) is 22.6 Å². The summed E-state index contributed by atoms with van der Waals surface area (Å²) in [6, 6.07) is 7.57. The Labute approximate surface area is 122 Å². The van der Waals surface area contributed by atoms with Crippen LogP contribution in [-0.4, -0.2) is 36.1 Å². The van der Waals surface area contributed by atoms with Gasteiger partial charge >= 0.3 is 5.69 Å². The van der Waals surface area contributed by atoms with E-state index in [1.165, 1.54) is 0 Å². The van der Waals surface area contributed by atoms with Crippen LogP contribution in [0.5, 0.6) is 0 Å². The minimum Gasteiger partial charge on any atom is -0.364 e. The van der Waals surface area contributed by atoms with Crippen LogP contribution in [0.25, 0.3) is 10.9 Å². The number of nitrogens with zero attached hydrogens (tertiary/aromatic N) is 3. The third kappa shape index (κ3) is 2.54. The molecule has 0 radical (unpaired) electrons. The SMILES string of the molecule is CNC1CCCN(c2ccc3ncccc3c2[N+](=O)[O-])C1. The van der Waals surface area contributed by atoms with Gasteiger partial charge in [0.25, 0.3) is 0 Å². The molecule has 1 N–H and O–H groups in total. The normalized spacial score (nSPS) is 18.9. The van der Waals surface area contributed by atoms with Gasteiger partial charge in [-0.3, -0.25) is 15.1 Å². The van der Waals surface area contributed by atoms with Crippen molar-refractivity contribution >= 4 is 22.3 Å². The van der Waals surface area contributed by atoms with Crippen LogP contribution >= 0.6 is 0 Å². The predicted molar refractivity (Wildman–Crippen MR) is 82.7 cm³/mol. The van der Waals surface area contributed by atoms with Crippen LogP contribution in [0, 0.1) is 10.1 Å². The fraction of sp³-hybridized carbons (Fsp3) is 0.400. The Morgan fingerprint density at radius 3 is 3.05 bits per heavy atom. The first-order chi connectivity index (χ1) is 10.2. The maximum absolute atomic E-state index is 11.6. The maximum Gasteiger partial charge on any atom is 0.301 e. The van der Waals surface area contributed by atoms with Crippen LogP contribution in [0.15, 0.2) is 30.5 Å². The minimum atomic E-state index is -0.289. The molecule has 1 aromatic carbocycles. The number of fused-ring (bicyclic) bond motifs is 1. The topological polar surface area (TPSA) is 71.3 Å². The molecule has 0 spiro atoms. The zero-order chi connectivity index (χ0) is 14.8. The molecule has 6 heteroatoms. The standard InChI is InChI=1S/C15H18N4O2/c1-16-11-4-3-9-18(10-11)14-7-6-13-12(5-2-8-17-13)15(14)19(20)21/h2,5-8,11,16H,3-4,9-10H2,1H3. The molecule has 1 unspecified atom stereocenters. The number of nitro groups is 1. The third-order valence-corrected chi connectivity index (χ3v) is 4.09. The summed E-state index contributed by atoms with van der Waals surface area (Å²) in [5, 5.41) is 15.4. The number of aromatic nitrogens is 1. The summed E-state index contributed by atoms with van der Waals surface area (Å²) < 4.78 is 0. The van der Waals surface area contributed by atoms with Crippen LogP contribution in [0.4, 0.5) is 11.4 Å². The number of hydrogen-bond donors (Lipinski definition) is 1. The number of benzene rings is 1. The number of pyridine rings is 1. The Bertz CT molecular complexity index is 674. The van der Waals surface area contributed by atoms with Crippen molar-refractivity contribution in [3.63, 3.8) is 0 Å². The molecule has 3 rings (SSSR count). The van der Waals surface area contributed by atoms with E-state index in [4.69, 9.17) is 0 Å². The molecule has 2 heterocycles. The smallest absolute Gasteiger partial charge is 0.301 e. The number of rotatable bonds is 3. The van der Waals surface area contributed by atoms with E-state index in [1.54, 1.807) is 18.3 Å². The van der Waals surface area contributed by atoms with Crippen molar-refractivity contribution in [2.75, 3.05) is 25.0 Å². The van der Waals surface area contributed by atoms with Crippen LogP contribution in [-0.2, 0) is 0 Å². The van der Waals surface area contributed by atoms with Crippen molar-refractivity contribution in [3.05, 3.63) is 40.6 Å². The summed E-state index contributed by atoms with van der Waals surface area (Å²) in [6.07, 6.45) is 3.80. The first kappa shape index (κ1) is 13.8. The Balaban J connectivity index is 2.09. The van der Waals surface area contributed by atoms with Gasteiger partial charge in [-0.2, -0.15) is 0 Å². The Morgan fingerprint density at radius 1 is 1.43 bits per heavy atom. The van der Waals surface area contributed by atoms with Crippen LogP contribution in [0.2, 0.25) is 0 Å². The Hall–Kier alpha value is -2.21. The highest BCUT2D eigenvalue weighted by Crippen LogP contribution is 2.36. The molecule has 0 amide bonds. The average molecular weight is 286 g/mol. The van der Waals surface area contributed by atoms with Crippen molar-refractivity contribution in [1.29, 1.82) is 0 Å². The highest BCUT2D eigenvalue weighted by Gasteiger charge is 2.26. The van der Waals surface area contributed by atoms with Gasteiger partial charge in [0.1, 0.15) is 5.69 Å². The molecule has 0 bridgehead atoms. The highest BCUT2D eigenvalue weighted by molar-refractivity contribution is 5.94. The van der Waals surface area contributed by atoms with E-state index in [0.717, 1.165) is 25.9 Å². The largest absolute Gasteiger partial charge is 0.364 e. The van der Waals surface area contributed by atoms with E-state index in [9.17, 15) is 10.1 Å². The van der Waals surface area contributed by atoms with E-state index >= 15 is 0 Å². The van der Waals surface area contributed by atoms with E-state index < -0.39 is 0 Å². The summed E-state index contributed by atoms with van der Waals surface area (Å²) in [6.45, 7) is 1.65. The molecular weight excluding hydrogens is 268 g/mol. The van der Waals surface area contributed by atoms with Crippen molar-refractivity contribution < 1.29 is 4.92 Å². The Morgan fingerprint density at radius 2 is 2.29 bits per heavy atom. The number of nitro benzene ring substituents is 1. The van der Waals surface area contributed by atoms with Gasteiger partial charge in [0.05, 0.1) is 15.8 Å². The second kappa shape index (κ2) is 5.65. The number of piperidine rings is 1. The molecule has 1 aliphatic rings. The lowest BCUT2D eigenvalue weighted by Gasteiger charge is -2.34. The number of nitrogens with one attached hydrogen (secondary N) is 1. The van der Waals surface area contributed by atoms with E-state index in [2.05, 4.69) is 15.2 Å². The zero-order valence-electron chi connectivity index (χ0n) is 12.0. The Kier molecular flexibility index (Phi) is 3.70. The summed E-state index contributed by atoms with van der Waals surface area (Å²) in [4.78, 5) is 17.6. The van der Waals surface area contributed by atoms with E-state index in [-0.39, 0.29) is 10.6 Å². The van der Waals surface area contributed by atoms with Gasteiger partial charge in [-0.05, 0) is 44.2 Å². The lowest BCUT2D eigenvalue weighted by Crippen LogP contribution is -2.44. The summed E-state index contributed by atoms with van der Waals surface area (Å²) in [5.74, 6) is 0. The quantitative estimate of drug-likeness (QED) is 0.692. The van der Waals surface area contributed by atoms with Crippen LogP contribution in [0.1, 0.15) is 12.8 Å². The van der Waals surface area contributed by atoms with Gasteiger partial charge in [0, 0.05) is 25.3 Å². The fourth-order valence-corrected chi connectivity index (χ4v) is 3.00. The van der Waals surface area contributed by atoms with Crippen molar-refractivity contribution in [1.82, 2.24) is 10.3 Å². The molecular formula is C15H18N4O2. The van der Waals surface area contributed by atoms with Crippen molar-refractivity contribution in [2.24, 2.45) is 0 Å². The molecule has 1 saturated heterocycles. The molecule has 110 valence electrons. The molecule has 1 aliphatic heterocycles. The molecule has 1 atom stereocenters. The van der Waals surface area contributed by atoms with Gasteiger partial charge in [0.15, 0.2) is 0 Å². The average Bonchev–Trinajstić information content (AvgIpc) is 2.53. The summed E-state index contributed by atoms with van der Waals surface area (Å²) in [5.41, 5.74) is 1.52. The molecule has 21 heavy (non-hydrogen) atoms. The van der Waals surface area contributed by atoms with Crippen LogP contribution < -0.4 is 10.2 Å². The number of hydrogen-bond acceptors (Lipinski definition) is 5. The fourth-order valence-electron chi connectivity index (χ4n) is 3.00. The molecule has 0 aliphatic carbocycles. The lowest BCUT2D eigenvalue weighted by atomic mass is 10.0. The van der Waals surface area contributed by atoms with Gasteiger partial charge in [-0.15, -0.1) is 0 Å². The van der Waals surface area contributed by atoms with Crippen molar-refractivity contribution in [2.45, 2.75) is 18.9 Å². The first-order valence-electron chi connectivity index (χ1n) is 7.15. The summed E-state index contributed by atoms with van der Waals surface area (Å²) >= 11 is 0. The zero-order valence-corrected chi connectivity index (χ0v) is 12.0. The summed E-state index contributed by atoms with van der Waals surface area (Å²) in [7, 11) is 1.94.